The zero-order valence-electron chi connectivity index (χ0n) is 10.6. The molecule has 0 spiro atoms. The maximum atomic E-state index is 4.52. The van der Waals surface area contributed by atoms with Gasteiger partial charge in [-0.15, -0.1) is 33.3 Å². The van der Waals surface area contributed by atoms with Crippen molar-refractivity contribution in [1.82, 2.24) is 20.1 Å². The van der Waals surface area contributed by atoms with Crippen LogP contribution in [-0.4, -0.2) is 33.6 Å². The fraction of sp³-hybridized carbons (Fsp3) is 0.538. The van der Waals surface area contributed by atoms with Gasteiger partial charge in [-0.2, -0.15) is 0 Å². The van der Waals surface area contributed by atoms with Crippen molar-refractivity contribution in [3.05, 3.63) is 17.3 Å². The molecule has 2 aliphatic rings. The van der Waals surface area contributed by atoms with Crippen molar-refractivity contribution >= 4 is 23.1 Å². The van der Waals surface area contributed by atoms with Gasteiger partial charge in [0.15, 0.2) is 5.82 Å². The summed E-state index contributed by atoms with van der Waals surface area (Å²) in [5, 5.41) is 14.6. The molecule has 4 nitrogen and oxygen atoms in total. The van der Waals surface area contributed by atoms with E-state index in [2.05, 4.69) is 31.5 Å². The Morgan fingerprint density at radius 3 is 3.05 bits per heavy atom. The van der Waals surface area contributed by atoms with E-state index in [4.69, 9.17) is 0 Å². The van der Waals surface area contributed by atoms with Crippen molar-refractivity contribution in [3.8, 4) is 11.4 Å². The average Bonchev–Trinajstić information content (AvgIpc) is 3.04. The first kappa shape index (κ1) is 11.9. The van der Waals surface area contributed by atoms with E-state index < -0.39 is 0 Å². The summed E-state index contributed by atoms with van der Waals surface area (Å²) in [7, 11) is 0. The first-order chi connectivity index (χ1) is 9.43. The molecule has 0 atom stereocenters. The van der Waals surface area contributed by atoms with E-state index in [0.29, 0.717) is 5.92 Å². The number of aromatic nitrogens is 3. The Hall–Kier alpha value is -0.850. The van der Waals surface area contributed by atoms with Crippen LogP contribution in [0.25, 0.3) is 11.4 Å². The lowest BCUT2D eigenvalue weighted by atomic mass is 9.97. The van der Waals surface area contributed by atoms with Gasteiger partial charge in [0.05, 0.1) is 4.21 Å². The molecule has 100 valence electrons. The zero-order chi connectivity index (χ0) is 12.7. The lowest BCUT2D eigenvalue weighted by Crippen LogP contribution is -2.28. The van der Waals surface area contributed by atoms with Gasteiger partial charge in [-0.25, -0.2) is 0 Å². The fourth-order valence-corrected chi connectivity index (χ4v) is 5.00. The van der Waals surface area contributed by atoms with Crippen molar-refractivity contribution in [2.75, 3.05) is 18.8 Å². The molecule has 2 aromatic heterocycles. The molecule has 1 saturated heterocycles. The van der Waals surface area contributed by atoms with Crippen molar-refractivity contribution < 1.29 is 0 Å². The Morgan fingerprint density at radius 1 is 1.26 bits per heavy atom. The van der Waals surface area contributed by atoms with Gasteiger partial charge in [-0.3, -0.25) is 0 Å². The van der Waals surface area contributed by atoms with Crippen LogP contribution in [0.4, 0.5) is 0 Å². The molecule has 2 aliphatic heterocycles. The summed E-state index contributed by atoms with van der Waals surface area (Å²) in [6, 6.07) is 2.19. The molecule has 0 aromatic carbocycles. The first-order valence-corrected chi connectivity index (χ1v) is 8.64. The summed E-state index contributed by atoms with van der Waals surface area (Å²) < 4.78 is 3.75. The van der Waals surface area contributed by atoms with Crippen LogP contribution in [0.2, 0.25) is 0 Å². The molecule has 0 unspecified atom stereocenters. The van der Waals surface area contributed by atoms with Gasteiger partial charge in [0.1, 0.15) is 5.82 Å². The van der Waals surface area contributed by atoms with Crippen LogP contribution in [0.15, 0.2) is 15.7 Å². The quantitative estimate of drug-likeness (QED) is 0.877. The lowest BCUT2D eigenvalue weighted by molar-refractivity contribution is 0.432. The second-order valence-electron chi connectivity index (χ2n) is 5.03. The monoisotopic (exact) mass is 292 g/mol. The molecule has 0 saturated carbocycles. The van der Waals surface area contributed by atoms with Crippen molar-refractivity contribution in [1.29, 1.82) is 0 Å². The number of rotatable bonds is 1. The van der Waals surface area contributed by atoms with E-state index in [-0.39, 0.29) is 0 Å². The van der Waals surface area contributed by atoms with E-state index in [0.717, 1.165) is 31.2 Å². The number of nitrogens with zero attached hydrogens (tertiary/aromatic N) is 3. The van der Waals surface area contributed by atoms with Crippen LogP contribution in [-0.2, 0) is 6.54 Å². The Bertz CT molecular complexity index is 583. The topological polar surface area (TPSA) is 42.7 Å². The van der Waals surface area contributed by atoms with Crippen molar-refractivity contribution in [2.24, 2.45) is 0 Å². The van der Waals surface area contributed by atoms with Crippen LogP contribution >= 0.6 is 23.1 Å². The molecule has 19 heavy (non-hydrogen) atoms. The lowest BCUT2D eigenvalue weighted by Gasteiger charge is -2.22. The van der Waals surface area contributed by atoms with E-state index in [9.17, 15) is 0 Å². The number of hydrogen-bond acceptors (Lipinski definition) is 5. The minimum absolute atomic E-state index is 0.577. The Morgan fingerprint density at radius 2 is 2.16 bits per heavy atom. The molecule has 4 rings (SSSR count). The highest BCUT2D eigenvalue weighted by atomic mass is 32.2. The van der Waals surface area contributed by atoms with E-state index >= 15 is 0 Å². The summed E-state index contributed by atoms with van der Waals surface area (Å²) in [6.07, 6.45) is 2.36. The number of thiophene rings is 1. The Labute approximate surface area is 120 Å². The minimum atomic E-state index is 0.577. The van der Waals surface area contributed by atoms with Crippen LogP contribution in [0.5, 0.6) is 0 Å². The fourth-order valence-electron chi connectivity index (χ4n) is 2.92. The predicted molar refractivity (Wildman–Crippen MR) is 78.9 cm³/mol. The Balaban J connectivity index is 1.77. The summed E-state index contributed by atoms with van der Waals surface area (Å²) >= 11 is 3.77. The van der Waals surface area contributed by atoms with Crippen LogP contribution in [0, 0.1) is 0 Å². The van der Waals surface area contributed by atoms with Crippen molar-refractivity contribution in [3.63, 3.8) is 0 Å². The van der Waals surface area contributed by atoms with Crippen LogP contribution in [0.1, 0.15) is 24.6 Å². The first-order valence-electron chi connectivity index (χ1n) is 6.78. The molecule has 1 fully saturated rings. The Kier molecular flexibility index (Phi) is 3.09. The maximum absolute atomic E-state index is 4.52. The standard InChI is InChI=1S/C13H16N4S2/c1-4-14-5-2-9(1)11-15-16-12-10-3-7-18-13(10)19-8-6-17(11)12/h3,7,9,14H,1-2,4-6,8H2. The van der Waals surface area contributed by atoms with Crippen LogP contribution in [0.3, 0.4) is 0 Å². The largest absolute Gasteiger partial charge is 0.317 e. The summed E-state index contributed by atoms with van der Waals surface area (Å²) in [6.45, 7) is 3.24. The van der Waals surface area contributed by atoms with Crippen molar-refractivity contribution in [2.45, 2.75) is 29.5 Å². The highest BCUT2D eigenvalue weighted by Crippen LogP contribution is 2.39. The zero-order valence-corrected chi connectivity index (χ0v) is 12.3. The highest BCUT2D eigenvalue weighted by Gasteiger charge is 2.26. The molecule has 0 bridgehead atoms. The molecule has 4 heterocycles. The minimum Gasteiger partial charge on any atom is -0.317 e. The molecule has 0 aliphatic carbocycles. The van der Waals surface area contributed by atoms with Crippen LogP contribution < -0.4 is 5.32 Å². The van der Waals surface area contributed by atoms with E-state index in [1.165, 1.54) is 28.4 Å². The number of hydrogen-bond donors (Lipinski definition) is 1. The number of nitrogens with one attached hydrogen (secondary N) is 1. The van der Waals surface area contributed by atoms with Gasteiger partial charge in [-0.05, 0) is 37.4 Å². The third-order valence-electron chi connectivity index (χ3n) is 3.90. The number of piperidine rings is 1. The summed E-state index contributed by atoms with van der Waals surface area (Å²) in [4.78, 5) is 0. The molecular formula is C13H16N4S2. The second kappa shape index (κ2) is 4.92. The molecule has 0 amide bonds. The number of fused-ring (bicyclic) bond motifs is 3. The van der Waals surface area contributed by atoms with Gasteiger partial charge in [0, 0.05) is 23.8 Å². The summed E-state index contributed by atoms with van der Waals surface area (Å²) in [5.41, 5.74) is 1.28. The van der Waals surface area contributed by atoms with E-state index in [1.54, 1.807) is 0 Å². The predicted octanol–water partition coefficient (Wildman–Crippen LogP) is 2.58. The SMILES string of the molecule is c1cc2c(s1)SCCn1c-2nnc1C1CCNCC1. The molecule has 0 radical (unpaired) electrons. The number of thioether (sulfide) groups is 1. The van der Waals surface area contributed by atoms with Gasteiger partial charge in [0.2, 0.25) is 0 Å². The third-order valence-corrected chi connectivity index (χ3v) is 6.12. The second-order valence-corrected chi connectivity index (χ2v) is 7.31. The molecule has 6 heteroatoms. The molecular weight excluding hydrogens is 276 g/mol. The summed E-state index contributed by atoms with van der Waals surface area (Å²) in [5.74, 6) is 3.98. The van der Waals surface area contributed by atoms with Gasteiger partial charge in [-0.1, -0.05) is 0 Å². The molecule has 1 N–H and O–H groups in total. The smallest absolute Gasteiger partial charge is 0.165 e. The third kappa shape index (κ3) is 2.02. The highest BCUT2D eigenvalue weighted by molar-refractivity contribution is 8.01. The maximum Gasteiger partial charge on any atom is 0.165 e. The molecule has 2 aromatic rings. The van der Waals surface area contributed by atoms with Gasteiger partial charge in [0.25, 0.3) is 0 Å². The normalized spacial score (nSPS) is 19.8. The van der Waals surface area contributed by atoms with Gasteiger partial charge >= 0.3 is 0 Å². The van der Waals surface area contributed by atoms with E-state index in [1.807, 2.05) is 23.1 Å². The average molecular weight is 292 g/mol. The van der Waals surface area contributed by atoms with Gasteiger partial charge < -0.3 is 9.88 Å².